The van der Waals surface area contributed by atoms with Crippen molar-refractivity contribution < 1.29 is 0 Å². The first kappa shape index (κ1) is 10.1. The van der Waals surface area contributed by atoms with E-state index >= 15 is 0 Å². The summed E-state index contributed by atoms with van der Waals surface area (Å²) in [6.45, 7) is 2.26. The summed E-state index contributed by atoms with van der Waals surface area (Å²) in [5.41, 5.74) is 6.18. The summed E-state index contributed by atoms with van der Waals surface area (Å²) >= 11 is 1.45. The van der Waals surface area contributed by atoms with Gasteiger partial charge in [0.05, 0.1) is 5.54 Å². The largest absolute Gasteiger partial charge is 0.319 e. The van der Waals surface area contributed by atoms with Gasteiger partial charge in [-0.05, 0) is 43.1 Å². The van der Waals surface area contributed by atoms with Crippen molar-refractivity contribution in [2.75, 3.05) is 0 Å². The van der Waals surface area contributed by atoms with E-state index in [9.17, 15) is 0 Å². The van der Waals surface area contributed by atoms with Crippen LogP contribution >= 0.6 is 11.5 Å². The summed E-state index contributed by atoms with van der Waals surface area (Å²) in [5, 5.41) is 1.02. The molecule has 1 aliphatic rings. The lowest BCUT2D eigenvalue weighted by Gasteiger charge is -2.34. The average molecular weight is 211 g/mol. The zero-order chi connectivity index (χ0) is 10.0. The van der Waals surface area contributed by atoms with E-state index in [0.717, 1.165) is 23.8 Å². The van der Waals surface area contributed by atoms with Gasteiger partial charge in [0.2, 0.25) is 0 Å². The molecule has 0 radical (unpaired) electrons. The van der Waals surface area contributed by atoms with Gasteiger partial charge in [-0.15, -0.1) is 0 Å². The van der Waals surface area contributed by atoms with Gasteiger partial charge in [-0.25, -0.2) is 4.98 Å². The maximum Gasteiger partial charge on any atom is 0.133 e. The van der Waals surface area contributed by atoms with Crippen molar-refractivity contribution in [2.45, 2.75) is 44.6 Å². The smallest absolute Gasteiger partial charge is 0.133 e. The van der Waals surface area contributed by atoms with Crippen molar-refractivity contribution in [1.29, 1.82) is 0 Å². The molecule has 2 rings (SSSR count). The number of nitrogens with two attached hydrogens (primary N) is 1. The number of aromatic nitrogens is 2. The molecule has 1 fully saturated rings. The average Bonchev–Trinajstić information content (AvgIpc) is 2.72. The van der Waals surface area contributed by atoms with Gasteiger partial charge in [0.25, 0.3) is 0 Å². The van der Waals surface area contributed by atoms with Crippen molar-refractivity contribution in [1.82, 2.24) is 9.36 Å². The highest BCUT2D eigenvalue weighted by molar-refractivity contribution is 7.05. The molecule has 1 aliphatic carbocycles. The minimum Gasteiger partial charge on any atom is -0.319 e. The Labute approximate surface area is 88.9 Å². The Kier molecular flexibility index (Phi) is 2.83. The molecule has 1 heterocycles. The van der Waals surface area contributed by atoms with E-state index < -0.39 is 0 Å². The molecule has 1 aromatic heterocycles. The Morgan fingerprint density at radius 2 is 2.29 bits per heavy atom. The van der Waals surface area contributed by atoms with E-state index in [1.54, 1.807) is 6.33 Å². The second kappa shape index (κ2) is 3.95. The van der Waals surface area contributed by atoms with Gasteiger partial charge in [0, 0.05) is 0 Å². The van der Waals surface area contributed by atoms with E-state index in [-0.39, 0.29) is 5.54 Å². The summed E-state index contributed by atoms with van der Waals surface area (Å²) in [6.07, 6.45) is 7.52. The zero-order valence-electron chi connectivity index (χ0n) is 8.57. The predicted molar refractivity (Wildman–Crippen MR) is 58.0 cm³/mol. The van der Waals surface area contributed by atoms with Gasteiger partial charge >= 0.3 is 0 Å². The normalized spacial score (nSPS) is 33.1. The highest BCUT2D eigenvalue weighted by atomic mass is 32.1. The van der Waals surface area contributed by atoms with Crippen LogP contribution in [0.15, 0.2) is 6.33 Å². The van der Waals surface area contributed by atoms with Crippen molar-refractivity contribution in [3.05, 3.63) is 11.3 Å². The third-order valence-corrected chi connectivity index (χ3v) is 4.25. The minimum absolute atomic E-state index is 0.174. The molecule has 0 atom stereocenters. The lowest BCUT2D eigenvalue weighted by molar-refractivity contribution is 0.231. The summed E-state index contributed by atoms with van der Waals surface area (Å²) in [4.78, 5) is 4.24. The van der Waals surface area contributed by atoms with E-state index in [1.807, 2.05) is 0 Å². The highest BCUT2D eigenvalue weighted by Gasteiger charge is 2.34. The van der Waals surface area contributed by atoms with E-state index in [2.05, 4.69) is 16.3 Å². The first-order chi connectivity index (χ1) is 6.74. The fourth-order valence-electron chi connectivity index (χ4n) is 2.21. The van der Waals surface area contributed by atoms with Gasteiger partial charge in [0.15, 0.2) is 0 Å². The standard InChI is InChI=1S/C10H17N3S/c1-2-8-3-5-10(11,6-4-8)9-12-7-13-14-9/h7-8H,2-6,11H2,1H3. The summed E-state index contributed by atoms with van der Waals surface area (Å²) in [7, 11) is 0. The van der Waals surface area contributed by atoms with Gasteiger partial charge in [0.1, 0.15) is 11.3 Å². The molecule has 0 bridgehead atoms. The fraction of sp³-hybridized carbons (Fsp3) is 0.800. The van der Waals surface area contributed by atoms with Crippen molar-refractivity contribution >= 4 is 11.5 Å². The van der Waals surface area contributed by atoms with Gasteiger partial charge in [-0.2, -0.15) is 4.37 Å². The molecule has 2 N–H and O–H groups in total. The number of rotatable bonds is 2. The van der Waals surface area contributed by atoms with Gasteiger partial charge in [-0.1, -0.05) is 13.3 Å². The van der Waals surface area contributed by atoms with Crippen molar-refractivity contribution in [3.8, 4) is 0 Å². The van der Waals surface area contributed by atoms with Crippen LogP contribution in [0.2, 0.25) is 0 Å². The molecule has 4 heteroatoms. The van der Waals surface area contributed by atoms with E-state index in [1.165, 1.54) is 30.8 Å². The van der Waals surface area contributed by atoms with Gasteiger partial charge in [-0.3, -0.25) is 0 Å². The number of hydrogen-bond donors (Lipinski definition) is 1. The molecular formula is C10H17N3S. The lowest BCUT2D eigenvalue weighted by Crippen LogP contribution is -2.40. The molecule has 78 valence electrons. The molecule has 0 spiro atoms. The van der Waals surface area contributed by atoms with Crippen LogP contribution in [0.25, 0.3) is 0 Å². The van der Waals surface area contributed by atoms with Crippen LogP contribution in [0.3, 0.4) is 0 Å². The summed E-state index contributed by atoms with van der Waals surface area (Å²) < 4.78 is 4.03. The molecule has 0 saturated heterocycles. The first-order valence-electron chi connectivity index (χ1n) is 5.30. The molecule has 0 amide bonds. The Morgan fingerprint density at radius 1 is 1.57 bits per heavy atom. The molecule has 3 nitrogen and oxygen atoms in total. The molecule has 1 aromatic rings. The molecule has 0 aliphatic heterocycles. The lowest BCUT2D eigenvalue weighted by atomic mass is 9.76. The third kappa shape index (κ3) is 1.81. The monoisotopic (exact) mass is 211 g/mol. The van der Waals surface area contributed by atoms with Gasteiger partial charge < -0.3 is 5.73 Å². The predicted octanol–water partition coefficient (Wildman–Crippen LogP) is 2.29. The maximum atomic E-state index is 6.35. The number of nitrogens with zero attached hydrogens (tertiary/aromatic N) is 2. The van der Waals surface area contributed by atoms with Crippen LogP contribution in [0, 0.1) is 5.92 Å². The summed E-state index contributed by atoms with van der Waals surface area (Å²) in [6, 6.07) is 0. The molecule has 0 unspecified atom stereocenters. The quantitative estimate of drug-likeness (QED) is 0.816. The Balaban J connectivity index is 2.06. The second-order valence-corrected chi connectivity index (χ2v) is 5.03. The van der Waals surface area contributed by atoms with Crippen molar-refractivity contribution in [2.24, 2.45) is 11.7 Å². The Hall–Kier alpha value is -0.480. The zero-order valence-corrected chi connectivity index (χ0v) is 9.39. The minimum atomic E-state index is -0.174. The Bertz CT molecular complexity index is 276. The van der Waals surface area contributed by atoms with Crippen LogP contribution in [-0.2, 0) is 5.54 Å². The van der Waals surface area contributed by atoms with Crippen LogP contribution in [0.1, 0.15) is 44.0 Å². The van der Waals surface area contributed by atoms with Crippen LogP contribution in [-0.4, -0.2) is 9.36 Å². The number of hydrogen-bond acceptors (Lipinski definition) is 4. The Morgan fingerprint density at radius 3 is 2.79 bits per heavy atom. The molecule has 1 saturated carbocycles. The SMILES string of the molecule is CCC1CCC(N)(c2ncns2)CC1. The first-order valence-corrected chi connectivity index (χ1v) is 6.08. The van der Waals surface area contributed by atoms with Crippen molar-refractivity contribution in [3.63, 3.8) is 0 Å². The highest BCUT2D eigenvalue weighted by Crippen LogP contribution is 2.38. The molecular weight excluding hydrogens is 194 g/mol. The van der Waals surface area contributed by atoms with E-state index in [4.69, 9.17) is 5.73 Å². The molecule has 14 heavy (non-hydrogen) atoms. The van der Waals surface area contributed by atoms with Crippen LogP contribution in [0.4, 0.5) is 0 Å². The van der Waals surface area contributed by atoms with Crippen LogP contribution in [0.5, 0.6) is 0 Å². The maximum absolute atomic E-state index is 6.35. The van der Waals surface area contributed by atoms with Crippen LogP contribution < -0.4 is 5.73 Å². The fourth-order valence-corrected chi connectivity index (χ4v) is 2.88. The summed E-state index contributed by atoms with van der Waals surface area (Å²) in [5.74, 6) is 0.875. The second-order valence-electron chi connectivity index (χ2n) is 4.25. The van der Waals surface area contributed by atoms with E-state index in [0.29, 0.717) is 0 Å². The topological polar surface area (TPSA) is 51.8 Å². The molecule has 0 aromatic carbocycles. The third-order valence-electron chi connectivity index (χ3n) is 3.36.